The standard InChI is InChI=1S/C24H26N4O5/c1-26-9-11-27(12-10-26)17-7-8-19-18(13-17)22(31)21(23(32)25-14-20(29)30)24(33)28(19)15-16-5-3-2-4-6-16/h2-8,13,31H,9-12,14-15H2,1H3,(H,25,32)(H,29,30). The van der Waals surface area contributed by atoms with Crippen molar-refractivity contribution < 1.29 is 19.8 Å². The van der Waals surface area contributed by atoms with Gasteiger partial charge in [0.25, 0.3) is 11.5 Å². The summed E-state index contributed by atoms with van der Waals surface area (Å²) < 4.78 is 1.44. The highest BCUT2D eigenvalue weighted by Crippen LogP contribution is 2.31. The average Bonchev–Trinajstić information content (AvgIpc) is 2.81. The summed E-state index contributed by atoms with van der Waals surface area (Å²) in [4.78, 5) is 41.3. The molecule has 0 aliphatic carbocycles. The molecule has 1 amide bonds. The molecule has 0 spiro atoms. The molecule has 3 N–H and O–H groups in total. The first kappa shape index (κ1) is 22.3. The number of carbonyl (C=O) groups is 2. The van der Waals surface area contributed by atoms with Crippen molar-refractivity contribution in [1.29, 1.82) is 0 Å². The molecule has 0 atom stereocenters. The molecular formula is C24H26N4O5. The second kappa shape index (κ2) is 9.33. The van der Waals surface area contributed by atoms with Gasteiger partial charge in [0.2, 0.25) is 0 Å². The van der Waals surface area contributed by atoms with Gasteiger partial charge in [-0.1, -0.05) is 30.3 Å². The van der Waals surface area contributed by atoms with Crippen LogP contribution in [0.2, 0.25) is 0 Å². The number of carbonyl (C=O) groups excluding carboxylic acids is 1. The van der Waals surface area contributed by atoms with Crippen LogP contribution in [-0.2, 0) is 11.3 Å². The van der Waals surface area contributed by atoms with Gasteiger partial charge < -0.3 is 29.9 Å². The molecule has 0 bridgehead atoms. The van der Waals surface area contributed by atoms with Crippen LogP contribution in [0.4, 0.5) is 5.69 Å². The van der Waals surface area contributed by atoms with Crippen molar-refractivity contribution in [2.75, 3.05) is 44.7 Å². The van der Waals surface area contributed by atoms with Gasteiger partial charge >= 0.3 is 5.97 Å². The maximum absolute atomic E-state index is 13.3. The maximum Gasteiger partial charge on any atom is 0.322 e. The Bertz CT molecular complexity index is 1250. The molecule has 1 fully saturated rings. The van der Waals surface area contributed by atoms with Crippen molar-refractivity contribution in [3.63, 3.8) is 0 Å². The van der Waals surface area contributed by atoms with Gasteiger partial charge in [-0.05, 0) is 30.8 Å². The molecule has 0 saturated carbocycles. The quantitative estimate of drug-likeness (QED) is 0.519. The third kappa shape index (κ3) is 4.68. The third-order valence-corrected chi connectivity index (χ3v) is 5.90. The molecule has 0 radical (unpaired) electrons. The molecule has 33 heavy (non-hydrogen) atoms. The number of nitrogens with one attached hydrogen (secondary N) is 1. The Morgan fingerprint density at radius 3 is 2.39 bits per heavy atom. The zero-order valence-electron chi connectivity index (χ0n) is 18.3. The van der Waals surface area contributed by atoms with Crippen LogP contribution >= 0.6 is 0 Å². The summed E-state index contributed by atoms with van der Waals surface area (Å²) in [7, 11) is 2.06. The SMILES string of the molecule is CN1CCN(c2ccc3c(c2)c(O)c(C(=O)NCC(=O)O)c(=O)n3Cc2ccccc2)CC1. The second-order valence-electron chi connectivity index (χ2n) is 8.17. The highest BCUT2D eigenvalue weighted by Gasteiger charge is 2.24. The largest absolute Gasteiger partial charge is 0.506 e. The van der Waals surface area contributed by atoms with Crippen molar-refractivity contribution in [1.82, 2.24) is 14.8 Å². The van der Waals surface area contributed by atoms with Crippen LogP contribution in [0.25, 0.3) is 10.9 Å². The molecule has 1 aromatic heterocycles. The summed E-state index contributed by atoms with van der Waals surface area (Å²) >= 11 is 0. The Morgan fingerprint density at radius 2 is 1.73 bits per heavy atom. The average molecular weight is 450 g/mol. The fourth-order valence-corrected chi connectivity index (χ4v) is 4.06. The number of rotatable bonds is 6. The van der Waals surface area contributed by atoms with E-state index in [9.17, 15) is 19.5 Å². The molecule has 3 aromatic rings. The van der Waals surface area contributed by atoms with E-state index in [4.69, 9.17) is 5.11 Å². The number of hydrogen-bond donors (Lipinski definition) is 3. The Kier molecular flexibility index (Phi) is 6.32. The summed E-state index contributed by atoms with van der Waals surface area (Å²) in [6, 6.07) is 14.8. The number of nitrogens with zero attached hydrogens (tertiary/aromatic N) is 3. The van der Waals surface area contributed by atoms with Gasteiger partial charge in [0, 0.05) is 37.3 Å². The topological polar surface area (TPSA) is 115 Å². The molecule has 0 unspecified atom stereocenters. The van der Waals surface area contributed by atoms with Gasteiger partial charge in [0.05, 0.1) is 12.1 Å². The minimum atomic E-state index is -1.24. The summed E-state index contributed by atoms with van der Waals surface area (Å²) in [5.41, 5.74) is 1.09. The molecule has 1 saturated heterocycles. The van der Waals surface area contributed by atoms with Gasteiger partial charge in [-0.2, -0.15) is 0 Å². The van der Waals surface area contributed by atoms with Crippen LogP contribution in [0.15, 0.2) is 53.3 Å². The zero-order chi connectivity index (χ0) is 23.5. The Labute approximate surface area is 190 Å². The molecule has 4 rings (SSSR count). The summed E-state index contributed by atoms with van der Waals surface area (Å²) in [5, 5.41) is 22.4. The Balaban J connectivity index is 1.85. The van der Waals surface area contributed by atoms with Gasteiger partial charge in [-0.3, -0.25) is 14.4 Å². The van der Waals surface area contributed by atoms with Crippen LogP contribution < -0.4 is 15.8 Å². The highest BCUT2D eigenvalue weighted by atomic mass is 16.4. The highest BCUT2D eigenvalue weighted by molar-refractivity contribution is 6.03. The molecule has 1 aliphatic rings. The number of anilines is 1. The number of likely N-dealkylation sites (N-methyl/N-ethyl adjacent to an activating group) is 1. The van der Waals surface area contributed by atoms with Gasteiger partial charge in [-0.15, -0.1) is 0 Å². The van der Waals surface area contributed by atoms with E-state index in [1.165, 1.54) is 4.57 Å². The lowest BCUT2D eigenvalue weighted by atomic mass is 10.1. The molecule has 9 nitrogen and oxygen atoms in total. The molecule has 2 aromatic carbocycles. The summed E-state index contributed by atoms with van der Waals surface area (Å²) in [5.74, 6) is -2.61. The number of pyridine rings is 1. The Morgan fingerprint density at radius 1 is 1.03 bits per heavy atom. The number of carboxylic acids is 1. The van der Waals surface area contributed by atoms with Crippen molar-refractivity contribution >= 4 is 28.5 Å². The normalized spacial score (nSPS) is 14.4. The minimum Gasteiger partial charge on any atom is -0.506 e. The molecule has 9 heteroatoms. The van der Waals surface area contributed by atoms with Crippen LogP contribution in [0.5, 0.6) is 5.75 Å². The number of aliphatic carboxylic acids is 1. The first-order valence-electron chi connectivity index (χ1n) is 10.7. The van der Waals surface area contributed by atoms with Gasteiger partial charge in [0.15, 0.2) is 0 Å². The molecule has 172 valence electrons. The number of aromatic nitrogens is 1. The number of carboxylic acid groups (broad SMARTS) is 1. The van der Waals surface area contributed by atoms with E-state index in [-0.39, 0.29) is 6.54 Å². The Hall–Kier alpha value is -3.85. The fraction of sp³-hybridized carbons (Fsp3) is 0.292. The second-order valence-corrected chi connectivity index (χ2v) is 8.17. The fourth-order valence-electron chi connectivity index (χ4n) is 4.06. The zero-order valence-corrected chi connectivity index (χ0v) is 18.3. The van der Waals surface area contributed by atoms with Crippen molar-refractivity contribution in [3.05, 3.63) is 70.0 Å². The number of hydrogen-bond acceptors (Lipinski definition) is 6. The first-order valence-corrected chi connectivity index (χ1v) is 10.7. The predicted molar refractivity (Wildman–Crippen MR) is 125 cm³/mol. The number of amides is 1. The molecule has 1 aliphatic heterocycles. The van der Waals surface area contributed by atoms with Crippen LogP contribution in [-0.4, -0.2) is 71.3 Å². The van der Waals surface area contributed by atoms with Crippen molar-refractivity contribution in [2.45, 2.75) is 6.54 Å². The predicted octanol–water partition coefficient (Wildman–Crippen LogP) is 1.32. The van der Waals surface area contributed by atoms with Crippen LogP contribution in [0.1, 0.15) is 15.9 Å². The molecule has 2 heterocycles. The lowest BCUT2D eigenvalue weighted by molar-refractivity contribution is -0.135. The third-order valence-electron chi connectivity index (χ3n) is 5.90. The number of benzene rings is 2. The van der Waals surface area contributed by atoms with Gasteiger partial charge in [0.1, 0.15) is 17.9 Å². The maximum atomic E-state index is 13.3. The van der Waals surface area contributed by atoms with E-state index in [1.54, 1.807) is 12.1 Å². The summed E-state index contributed by atoms with van der Waals surface area (Å²) in [6.07, 6.45) is 0. The van der Waals surface area contributed by atoms with Crippen LogP contribution in [0.3, 0.4) is 0 Å². The smallest absolute Gasteiger partial charge is 0.322 e. The number of piperazine rings is 1. The van der Waals surface area contributed by atoms with E-state index >= 15 is 0 Å². The summed E-state index contributed by atoms with van der Waals surface area (Å²) in [6.45, 7) is 2.98. The number of aromatic hydroxyl groups is 1. The number of fused-ring (bicyclic) bond motifs is 1. The van der Waals surface area contributed by atoms with E-state index in [1.807, 2.05) is 36.4 Å². The van der Waals surface area contributed by atoms with Gasteiger partial charge in [-0.25, -0.2) is 0 Å². The monoisotopic (exact) mass is 450 g/mol. The van der Waals surface area contributed by atoms with Crippen LogP contribution in [0, 0.1) is 0 Å². The van der Waals surface area contributed by atoms with E-state index < -0.39 is 35.3 Å². The van der Waals surface area contributed by atoms with E-state index in [0.717, 1.165) is 37.4 Å². The minimum absolute atomic E-state index is 0.198. The lowest BCUT2D eigenvalue weighted by Crippen LogP contribution is -2.44. The van der Waals surface area contributed by atoms with E-state index in [0.29, 0.717) is 10.9 Å². The molecular weight excluding hydrogens is 424 g/mol. The first-order chi connectivity index (χ1) is 15.8. The lowest BCUT2D eigenvalue weighted by Gasteiger charge is -2.34. The van der Waals surface area contributed by atoms with Crippen molar-refractivity contribution in [3.8, 4) is 5.75 Å². The van der Waals surface area contributed by atoms with E-state index in [2.05, 4.69) is 22.2 Å². The van der Waals surface area contributed by atoms with Crippen molar-refractivity contribution in [2.24, 2.45) is 0 Å².